The van der Waals surface area contributed by atoms with Gasteiger partial charge in [-0.1, -0.05) is 0 Å². The van der Waals surface area contributed by atoms with Crippen LogP contribution in [0.4, 0.5) is 0 Å². The summed E-state index contributed by atoms with van der Waals surface area (Å²) in [7, 11) is 0. The Hall–Kier alpha value is -1.58. The summed E-state index contributed by atoms with van der Waals surface area (Å²) in [4.78, 5) is 14.3. The molecule has 1 fully saturated rings. The van der Waals surface area contributed by atoms with Crippen LogP contribution in [0.25, 0.3) is 5.65 Å². The van der Waals surface area contributed by atoms with Gasteiger partial charge in [0.05, 0.1) is 5.69 Å². The highest BCUT2D eigenvalue weighted by Gasteiger charge is 2.26. The summed E-state index contributed by atoms with van der Waals surface area (Å²) < 4.78 is 1.42. The average molecular weight is 175 g/mol. The minimum atomic E-state index is -0.0688. The van der Waals surface area contributed by atoms with Crippen molar-refractivity contribution < 1.29 is 0 Å². The Bertz CT molecular complexity index is 507. The van der Waals surface area contributed by atoms with Crippen LogP contribution in [0.2, 0.25) is 0 Å². The summed E-state index contributed by atoms with van der Waals surface area (Å²) in [6.07, 6.45) is 4.06. The molecule has 0 spiro atoms. The van der Waals surface area contributed by atoms with Gasteiger partial charge < -0.3 is 4.98 Å². The van der Waals surface area contributed by atoms with Gasteiger partial charge in [0.25, 0.3) is 5.56 Å². The van der Waals surface area contributed by atoms with E-state index in [4.69, 9.17) is 0 Å². The number of hydrogen-bond donors (Lipinski definition) is 1. The fourth-order valence-electron chi connectivity index (χ4n) is 1.52. The zero-order valence-electron chi connectivity index (χ0n) is 7.03. The van der Waals surface area contributed by atoms with E-state index >= 15 is 0 Å². The molecule has 2 aromatic heterocycles. The van der Waals surface area contributed by atoms with Gasteiger partial charge in [-0.05, 0) is 12.8 Å². The lowest BCUT2D eigenvalue weighted by Crippen LogP contribution is -2.12. The number of nitrogens with zero attached hydrogens (tertiary/aromatic N) is 2. The molecule has 13 heavy (non-hydrogen) atoms. The van der Waals surface area contributed by atoms with E-state index < -0.39 is 0 Å². The smallest absolute Gasteiger partial charge is 0.274 e. The molecule has 0 bridgehead atoms. The van der Waals surface area contributed by atoms with Crippen LogP contribution in [-0.4, -0.2) is 14.6 Å². The van der Waals surface area contributed by atoms with E-state index in [2.05, 4.69) is 10.1 Å². The van der Waals surface area contributed by atoms with Gasteiger partial charge in [-0.3, -0.25) is 4.79 Å². The largest absolute Gasteiger partial charge is 0.346 e. The summed E-state index contributed by atoms with van der Waals surface area (Å²) in [5, 5.41) is 4.25. The number of aromatic amines is 1. The fraction of sp³-hybridized carbons (Fsp3) is 0.333. The molecule has 0 saturated heterocycles. The van der Waals surface area contributed by atoms with Gasteiger partial charge in [-0.2, -0.15) is 9.61 Å². The predicted molar refractivity (Wildman–Crippen MR) is 47.8 cm³/mol. The first-order valence-corrected chi connectivity index (χ1v) is 4.42. The molecule has 2 heterocycles. The third-order valence-electron chi connectivity index (χ3n) is 2.39. The van der Waals surface area contributed by atoms with Gasteiger partial charge in [-0.25, -0.2) is 0 Å². The van der Waals surface area contributed by atoms with Crippen molar-refractivity contribution in [2.45, 2.75) is 18.8 Å². The molecule has 1 saturated carbocycles. The molecule has 66 valence electrons. The number of fused-ring (bicyclic) bond motifs is 1. The molecule has 0 radical (unpaired) electrons. The first-order valence-electron chi connectivity index (χ1n) is 4.42. The van der Waals surface area contributed by atoms with E-state index in [1.807, 2.05) is 6.07 Å². The van der Waals surface area contributed by atoms with Crippen LogP contribution in [0, 0.1) is 0 Å². The van der Waals surface area contributed by atoms with E-state index in [0.717, 1.165) is 11.3 Å². The van der Waals surface area contributed by atoms with Crippen LogP contribution in [0.1, 0.15) is 24.5 Å². The Morgan fingerprint density at radius 3 is 3.08 bits per heavy atom. The van der Waals surface area contributed by atoms with Crippen molar-refractivity contribution in [1.82, 2.24) is 14.6 Å². The highest BCUT2D eigenvalue weighted by atomic mass is 16.1. The standard InChI is InChI=1S/C9H9N3O/c13-9-3-4-10-8-5-7(6-1-2-6)11-12(8)9/h3-6,10H,1-2H2. The minimum Gasteiger partial charge on any atom is -0.346 e. The lowest BCUT2D eigenvalue weighted by atomic mass is 10.3. The molecule has 0 unspecified atom stereocenters. The third-order valence-corrected chi connectivity index (χ3v) is 2.39. The molecule has 0 atom stereocenters. The second-order valence-corrected chi connectivity index (χ2v) is 3.46. The van der Waals surface area contributed by atoms with Crippen LogP contribution in [0.5, 0.6) is 0 Å². The fourth-order valence-corrected chi connectivity index (χ4v) is 1.52. The maximum atomic E-state index is 11.3. The average Bonchev–Trinajstić information content (AvgIpc) is 2.87. The summed E-state index contributed by atoms with van der Waals surface area (Å²) >= 11 is 0. The van der Waals surface area contributed by atoms with Gasteiger partial charge in [0.2, 0.25) is 0 Å². The van der Waals surface area contributed by atoms with Gasteiger partial charge in [0.15, 0.2) is 0 Å². The van der Waals surface area contributed by atoms with Crippen molar-refractivity contribution in [3.63, 3.8) is 0 Å². The maximum Gasteiger partial charge on any atom is 0.274 e. The lowest BCUT2D eigenvalue weighted by molar-refractivity contribution is 0.853. The van der Waals surface area contributed by atoms with Crippen molar-refractivity contribution >= 4 is 5.65 Å². The zero-order chi connectivity index (χ0) is 8.84. The minimum absolute atomic E-state index is 0.0688. The van der Waals surface area contributed by atoms with E-state index in [9.17, 15) is 4.79 Å². The Morgan fingerprint density at radius 2 is 2.38 bits per heavy atom. The van der Waals surface area contributed by atoms with Crippen LogP contribution < -0.4 is 5.56 Å². The summed E-state index contributed by atoms with van der Waals surface area (Å²) in [6.45, 7) is 0. The first kappa shape index (κ1) is 6.88. The van der Waals surface area contributed by atoms with Gasteiger partial charge in [0.1, 0.15) is 5.65 Å². The Balaban J connectivity index is 2.32. The molecule has 2 aromatic rings. The quantitative estimate of drug-likeness (QED) is 0.700. The van der Waals surface area contributed by atoms with Crippen molar-refractivity contribution in [3.05, 3.63) is 34.4 Å². The van der Waals surface area contributed by atoms with Crippen molar-refractivity contribution in [1.29, 1.82) is 0 Å². The van der Waals surface area contributed by atoms with E-state index in [1.54, 1.807) is 6.20 Å². The van der Waals surface area contributed by atoms with Gasteiger partial charge >= 0.3 is 0 Å². The highest BCUT2D eigenvalue weighted by molar-refractivity contribution is 5.40. The molecule has 1 N–H and O–H groups in total. The monoisotopic (exact) mass is 175 g/mol. The molecule has 1 aliphatic rings. The molecular weight excluding hydrogens is 166 g/mol. The highest BCUT2D eigenvalue weighted by Crippen LogP contribution is 2.39. The topological polar surface area (TPSA) is 50.2 Å². The molecule has 0 aliphatic heterocycles. The number of hydrogen-bond acceptors (Lipinski definition) is 2. The van der Waals surface area contributed by atoms with Crippen LogP contribution in [0.15, 0.2) is 23.1 Å². The summed E-state index contributed by atoms with van der Waals surface area (Å²) in [5.74, 6) is 0.590. The second kappa shape index (κ2) is 2.22. The number of rotatable bonds is 1. The van der Waals surface area contributed by atoms with E-state index in [0.29, 0.717) is 5.92 Å². The number of nitrogens with one attached hydrogen (secondary N) is 1. The summed E-state index contributed by atoms with van der Waals surface area (Å²) in [5.41, 5.74) is 1.76. The molecule has 3 rings (SSSR count). The Morgan fingerprint density at radius 1 is 1.54 bits per heavy atom. The first-order chi connectivity index (χ1) is 6.34. The third kappa shape index (κ3) is 0.983. The van der Waals surface area contributed by atoms with E-state index in [1.165, 1.54) is 23.4 Å². The van der Waals surface area contributed by atoms with Gasteiger partial charge in [-0.15, -0.1) is 0 Å². The molecular formula is C9H9N3O. The number of H-pyrrole nitrogens is 1. The molecule has 0 aromatic carbocycles. The van der Waals surface area contributed by atoms with Crippen LogP contribution in [0.3, 0.4) is 0 Å². The Kier molecular flexibility index (Phi) is 1.17. The molecule has 0 amide bonds. The normalized spacial score (nSPS) is 16.6. The molecule has 4 nitrogen and oxygen atoms in total. The van der Waals surface area contributed by atoms with Crippen molar-refractivity contribution in [2.75, 3.05) is 0 Å². The van der Waals surface area contributed by atoms with E-state index in [-0.39, 0.29) is 5.56 Å². The van der Waals surface area contributed by atoms with Crippen LogP contribution >= 0.6 is 0 Å². The molecule has 1 aliphatic carbocycles. The molecule has 4 heteroatoms. The summed E-state index contributed by atoms with van der Waals surface area (Å²) in [6, 6.07) is 3.44. The van der Waals surface area contributed by atoms with Gasteiger partial charge in [0, 0.05) is 24.2 Å². The number of aromatic nitrogens is 3. The van der Waals surface area contributed by atoms with Crippen LogP contribution in [-0.2, 0) is 0 Å². The van der Waals surface area contributed by atoms with Crippen molar-refractivity contribution in [2.24, 2.45) is 0 Å². The SMILES string of the molecule is O=c1cc[nH]c2cc(C3CC3)nn12. The second-order valence-electron chi connectivity index (χ2n) is 3.46. The zero-order valence-corrected chi connectivity index (χ0v) is 7.03. The predicted octanol–water partition coefficient (Wildman–Crippen LogP) is 0.900. The lowest BCUT2D eigenvalue weighted by Gasteiger charge is -1.87. The van der Waals surface area contributed by atoms with Crippen molar-refractivity contribution in [3.8, 4) is 0 Å². The Labute approximate surface area is 74.2 Å². The maximum absolute atomic E-state index is 11.3.